The molecule has 1 rings (SSSR count). The summed E-state index contributed by atoms with van der Waals surface area (Å²) < 4.78 is 9.87. The van der Waals surface area contributed by atoms with Crippen molar-refractivity contribution in [2.75, 3.05) is 13.2 Å². The van der Waals surface area contributed by atoms with E-state index in [1.807, 2.05) is 6.92 Å². The molecule has 17 heavy (non-hydrogen) atoms. The average molecular weight is 242 g/mol. The molecule has 1 aromatic heterocycles. The number of oxazole rings is 1. The summed E-state index contributed by atoms with van der Waals surface area (Å²) in [6, 6.07) is 0. The van der Waals surface area contributed by atoms with E-state index in [4.69, 9.17) is 9.52 Å². The molecule has 0 atom stereocenters. The van der Waals surface area contributed by atoms with E-state index < -0.39 is 18.5 Å². The van der Waals surface area contributed by atoms with Gasteiger partial charge in [-0.15, -0.1) is 0 Å². The first-order chi connectivity index (χ1) is 8.11. The SMILES string of the molecule is CCc1cnc(CNC(=O)COCC(=O)O)o1. The fraction of sp³-hybridized carbons (Fsp3) is 0.500. The van der Waals surface area contributed by atoms with Crippen LogP contribution in [-0.2, 0) is 27.3 Å². The van der Waals surface area contributed by atoms with Crippen LogP contribution in [0.5, 0.6) is 0 Å². The van der Waals surface area contributed by atoms with E-state index in [1.54, 1.807) is 6.20 Å². The minimum atomic E-state index is -1.11. The maximum absolute atomic E-state index is 11.2. The largest absolute Gasteiger partial charge is 0.480 e. The van der Waals surface area contributed by atoms with Gasteiger partial charge in [0.2, 0.25) is 11.8 Å². The predicted molar refractivity (Wildman–Crippen MR) is 56.2 cm³/mol. The fourth-order valence-electron chi connectivity index (χ4n) is 1.05. The number of aryl methyl sites for hydroxylation is 1. The van der Waals surface area contributed by atoms with E-state index in [0.717, 1.165) is 12.2 Å². The molecule has 0 aliphatic rings. The van der Waals surface area contributed by atoms with Crippen molar-refractivity contribution >= 4 is 11.9 Å². The molecule has 94 valence electrons. The van der Waals surface area contributed by atoms with Crippen molar-refractivity contribution in [3.05, 3.63) is 17.8 Å². The first-order valence-electron chi connectivity index (χ1n) is 5.11. The Labute approximate surface area is 97.8 Å². The molecule has 7 heteroatoms. The summed E-state index contributed by atoms with van der Waals surface area (Å²) in [7, 11) is 0. The van der Waals surface area contributed by atoms with Crippen LogP contribution in [0.4, 0.5) is 0 Å². The van der Waals surface area contributed by atoms with Gasteiger partial charge in [0.15, 0.2) is 0 Å². The molecule has 0 fully saturated rings. The Morgan fingerprint density at radius 3 is 2.88 bits per heavy atom. The maximum atomic E-state index is 11.2. The molecule has 1 amide bonds. The summed E-state index contributed by atoms with van der Waals surface area (Å²) in [5, 5.41) is 10.8. The monoisotopic (exact) mass is 242 g/mol. The lowest BCUT2D eigenvalue weighted by Crippen LogP contribution is -2.28. The second-order valence-electron chi connectivity index (χ2n) is 3.24. The Hall–Kier alpha value is -1.89. The lowest BCUT2D eigenvalue weighted by molar-refractivity contribution is -0.143. The third kappa shape index (κ3) is 5.12. The second-order valence-corrected chi connectivity index (χ2v) is 3.24. The third-order valence-electron chi connectivity index (χ3n) is 1.85. The standard InChI is InChI=1S/C10H14N2O5/c1-2-7-3-12-9(17-7)4-11-8(13)5-16-6-10(14)15/h3H,2,4-6H2,1H3,(H,11,13)(H,14,15). The number of nitrogens with one attached hydrogen (secondary N) is 1. The molecular weight excluding hydrogens is 228 g/mol. The number of hydrogen-bond donors (Lipinski definition) is 2. The minimum Gasteiger partial charge on any atom is -0.480 e. The number of carboxylic acids is 1. The van der Waals surface area contributed by atoms with Gasteiger partial charge in [-0.2, -0.15) is 0 Å². The minimum absolute atomic E-state index is 0.162. The van der Waals surface area contributed by atoms with Gasteiger partial charge >= 0.3 is 5.97 Å². The van der Waals surface area contributed by atoms with Gasteiger partial charge in [0.1, 0.15) is 19.0 Å². The molecule has 0 bridgehead atoms. The zero-order valence-electron chi connectivity index (χ0n) is 9.43. The number of hydrogen-bond acceptors (Lipinski definition) is 5. The van der Waals surface area contributed by atoms with Gasteiger partial charge in [0.05, 0.1) is 12.7 Å². The molecule has 7 nitrogen and oxygen atoms in total. The molecule has 0 aromatic carbocycles. The molecule has 1 heterocycles. The smallest absolute Gasteiger partial charge is 0.329 e. The van der Waals surface area contributed by atoms with Crippen molar-refractivity contribution in [3.63, 3.8) is 0 Å². The zero-order chi connectivity index (χ0) is 12.7. The van der Waals surface area contributed by atoms with E-state index in [2.05, 4.69) is 15.0 Å². The first-order valence-corrected chi connectivity index (χ1v) is 5.11. The molecule has 0 radical (unpaired) electrons. The van der Waals surface area contributed by atoms with Gasteiger partial charge in [-0.25, -0.2) is 9.78 Å². The van der Waals surface area contributed by atoms with Gasteiger partial charge in [0, 0.05) is 6.42 Å². The topological polar surface area (TPSA) is 102 Å². The van der Waals surface area contributed by atoms with Gasteiger partial charge in [-0.05, 0) is 0 Å². The number of ether oxygens (including phenoxy) is 1. The van der Waals surface area contributed by atoms with Crippen LogP contribution in [0.1, 0.15) is 18.6 Å². The average Bonchev–Trinajstić information content (AvgIpc) is 2.73. The van der Waals surface area contributed by atoms with E-state index in [9.17, 15) is 9.59 Å². The second kappa shape index (κ2) is 6.64. The van der Waals surface area contributed by atoms with Crippen LogP contribution in [0.3, 0.4) is 0 Å². The number of nitrogens with zero attached hydrogens (tertiary/aromatic N) is 1. The first kappa shape index (κ1) is 13.2. The van der Waals surface area contributed by atoms with Crippen LogP contribution in [0.25, 0.3) is 0 Å². The number of carbonyl (C=O) groups excluding carboxylic acids is 1. The number of rotatable bonds is 7. The van der Waals surface area contributed by atoms with Crippen LogP contribution in [0, 0.1) is 0 Å². The van der Waals surface area contributed by atoms with Gasteiger partial charge < -0.3 is 19.6 Å². The Balaban J connectivity index is 2.21. The van der Waals surface area contributed by atoms with Gasteiger partial charge in [-0.1, -0.05) is 6.92 Å². The molecule has 0 spiro atoms. The van der Waals surface area contributed by atoms with Crippen molar-refractivity contribution in [1.29, 1.82) is 0 Å². The number of carbonyl (C=O) groups is 2. The molecule has 0 aliphatic carbocycles. The third-order valence-corrected chi connectivity index (χ3v) is 1.85. The van der Waals surface area contributed by atoms with Crippen molar-refractivity contribution < 1.29 is 23.8 Å². The Kier molecular flexibility index (Phi) is 5.15. The van der Waals surface area contributed by atoms with Crippen LogP contribution in [0.15, 0.2) is 10.6 Å². The van der Waals surface area contributed by atoms with Crippen molar-refractivity contribution in [3.8, 4) is 0 Å². The van der Waals surface area contributed by atoms with Gasteiger partial charge in [0.25, 0.3) is 0 Å². The molecular formula is C10H14N2O5. The highest BCUT2D eigenvalue weighted by Gasteiger charge is 2.06. The highest BCUT2D eigenvalue weighted by molar-refractivity contribution is 5.77. The Bertz CT molecular complexity index is 388. The number of amides is 1. The maximum Gasteiger partial charge on any atom is 0.329 e. The molecule has 0 saturated carbocycles. The van der Waals surface area contributed by atoms with Crippen LogP contribution < -0.4 is 5.32 Å². The predicted octanol–water partition coefficient (Wildman–Crippen LogP) is -0.0456. The summed E-state index contributed by atoms with van der Waals surface area (Å²) in [5.41, 5.74) is 0. The van der Waals surface area contributed by atoms with Crippen LogP contribution in [0.2, 0.25) is 0 Å². The van der Waals surface area contributed by atoms with Crippen LogP contribution >= 0.6 is 0 Å². The lowest BCUT2D eigenvalue weighted by atomic mass is 10.4. The number of aromatic nitrogens is 1. The normalized spacial score (nSPS) is 10.2. The zero-order valence-corrected chi connectivity index (χ0v) is 9.43. The summed E-state index contributed by atoms with van der Waals surface area (Å²) in [6.07, 6.45) is 2.34. The molecule has 0 unspecified atom stereocenters. The molecule has 0 saturated heterocycles. The van der Waals surface area contributed by atoms with E-state index >= 15 is 0 Å². The Morgan fingerprint density at radius 2 is 2.29 bits per heavy atom. The quantitative estimate of drug-likeness (QED) is 0.695. The lowest BCUT2D eigenvalue weighted by Gasteiger charge is -2.02. The van der Waals surface area contributed by atoms with E-state index in [0.29, 0.717) is 5.89 Å². The summed E-state index contributed by atoms with van der Waals surface area (Å²) in [4.78, 5) is 25.2. The Morgan fingerprint density at radius 1 is 1.53 bits per heavy atom. The van der Waals surface area contributed by atoms with Crippen molar-refractivity contribution in [1.82, 2.24) is 10.3 Å². The fourth-order valence-corrected chi connectivity index (χ4v) is 1.05. The summed E-state index contributed by atoms with van der Waals surface area (Å²) in [6.45, 7) is 1.30. The van der Waals surface area contributed by atoms with E-state index in [-0.39, 0.29) is 13.2 Å². The van der Waals surface area contributed by atoms with E-state index in [1.165, 1.54) is 0 Å². The highest BCUT2D eigenvalue weighted by Crippen LogP contribution is 2.03. The number of aliphatic carboxylic acids is 1. The molecule has 2 N–H and O–H groups in total. The molecule has 0 aliphatic heterocycles. The molecule has 1 aromatic rings. The van der Waals surface area contributed by atoms with Crippen molar-refractivity contribution in [2.24, 2.45) is 0 Å². The summed E-state index contributed by atoms with van der Waals surface area (Å²) in [5.74, 6) is -0.370. The van der Waals surface area contributed by atoms with Crippen molar-refractivity contribution in [2.45, 2.75) is 19.9 Å². The van der Waals surface area contributed by atoms with Crippen LogP contribution in [-0.4, -0.2) is 35.2 Å². The number of carboxylic acid groups (broad SMARTS) is 1. The van der Waals surface area contributed by atoms with Gasteiger partial charge in [-0.3, -0.25) is 4.79 Å². The highest BCUT2D eigenvalue weighted by atomic mass is 16.5. The summed E-state index contributed by atoms with van der Waals surface area (Å²) >= 11 is 0.